The molecule has 0 spiro atoms. The average Bonchev–Trinajstić information content (AvgIpc) is 2.82. The fraction of sp³-hybridized carbons (Fsp3) is 0.308. The van der Waals surface area contributed by atoms with Crippen LogP contribution >= 0.6 is 11.3 Å². The fourth-order valence-corrected chi connectivity index (χ4v) is 2.14. The lowest BCUT2D eigenvalue weighted by atomic mass is 10.1. The van der Waals surface area contributed by atoms with Gasteiger partial charge in [-0.2, -0.15) is 0 Å². The normalized spacial score (nSPS) is 12.6. The Hall–Kier alpha value is -1.26. The molecule has 1 aromatic heterocycles. The van der Waals surface area contributed by atoms with E-state index in [1.807, 2.05) is 29.9 Å². The zero-order valence-corrected chi connectivity index (χ0v) is 10.7. The van der Waals surface area contributed by atoms with Crippen molar-refractivity contribution < 1.29 is 4.39 Å². The van der Waals surface area contributed by atoms with E-state index in [4.69, 9.17) is 0 Å². The van der Waals surface area contributed by atoms with Crippen molar-refractivity contribution in [2.75, 3.05) is 0 Å². The molecule has 1 atom stereocenters. The van der Waals surface area contributed by atoms with E-state index in [9.17, 15) is 4.39 Å². The maximum absolute atomic E-state index is 13.4. The first-order valence-corrected chi connectivity index (χ1v) is 6.47. The van der Waals surface area contributed by atoms with Gasteiger partial charge in [-0.15, -0.1) is 11.3 Å². The molecule has 0 saturated carbocycles. The predicted octanol–water partition coefficient (Wildman–Crippen LogP) is 3.44. The Labute approximate surface area is 105 Å². The van der Waals surface area contributed by atoms with Gasteiger partial charge >= 0.3 is 0 Å². The van der Waals surface area contributed by atoms with Crippen LogP contribution in [0.2, 0.25) is 0 Å². The third-order valence-corrected chi connectivity index (χ3v) is 3.40. The van der Waals surface area contributed by atoms with Crippen LogP contribution in [0.5, 0.6) is 0 Å². The number of hydrogen-bond acceptors (Lipinski definition) is 3. The number of halogens is 1. The third kappa shape index (κ3) is 3.11. The molecule has 17 heavy (non-hydrogen) atoms. The Morgan fingerprint density at radius 2 is 2.29 bits per heavy atom. The van der Waals surface area contributed by atoms with Gasteiger partial charge in [-0.25, -0.2) is 9.37 Å². The van der Waals surface area contributed by atoms with Gasteiger partial charge in [0.1, 0.15) is 5.82 Å². The van der Waals surface area contributed by atoms with E-state index in [1.165, 1.54) is 0 Å². The molecule has 90 valence electrons. The maximum atomic E-state index is 13.4. The first kappa shape index (κ1) is 12.2. The standard InChI is InChI=1S/C13H15FN2S/c1-9-3-4-11(5-13(9)14)10(2)15-6-12-7-17-8-16-12/h3-5,7-8,10,15H,6H2,1-2H3. The van der Waals surface area contributed by atoms with E-state index in [0.29, 0.717) is 12.1 Å². The van der Waals surface area contributed by atoms with Gasteiger partial charge in [0.05, 0.1) is 11.2 Å². The molecule has 1 heterocycles. The average molecular weight is 250 g/mol. The van der Waals surface area contributed by atoms with Crippen molar-refractivity contribution in [2.45, 2.75) is 26.4 Å². The van der Waals surface area contributed by atoms with Crippen LogP contribution in [0.25, 0.3) is 0 Å². The molecule has 0 fully saturated rings. The smallest absolute Gasteiger partial charge is 0.126 e. The minimum absolute atomic E-state index is 0.117. The zero-order chi connectivity index (χ0) is 12.3. The number of nitrogens with one attached hydrogen (secondary N) is 1. The quantitative estimate of drug-likeness (QED) is 0.899. The topological polar surface area (TPSA) is 24.9 Å². The third-order valence-electron chi connectivity index (χ3n) is 2.77. The lowest BCUT2D eigenvalue weighted by Gasteiger charge is -2.14. The summed E-state index contributed by atoms with van der Waals surface area (Å²) in [7, 11) is 0. The number of aryl methyl sites for hydroxylation is 1. The number of aromatic nitrogens is 1. The van der Waals surface area contributed by atoms with E-state index in [1.54, 1.807) is 24.3 Å². The summed E-state index contributed by atoms with van der Waals surface area (Å²) in [6, 6.07) is 5.48. The van der Waals surface area contributed by atoms with Gasteiger partial charge in [-0.3, -0.25) is 0 Å². The molecule has 0 aliphatic rings. The summed E-state index contributed by atoms with van der Waals surface area (Å²) in [4.78, 5) is 4.20. The summed E-state index contributed by atoms with van der Waals surface area (Å²) in [5.74, 6) is -0.148. The van der Waals surface area contributed by atoms with E-state index in [-0.39, 0.29) is 11.9 Å². The molecule has 2 aromatic rings. The van der Waals surface area contributed by atoms with Crippen LogP contribution in [-0.2, 0) is 6.54 Å². The molecule has 0 amide bonds. The summed E-state index contributed by atoms with van der Waals surface area (Å²) in [6.45, 7) is 4.50. The molecule has 1 N–H and O–H groups in total. The van der Waals surface area contributed by atoms with E-state index >= 15 is 0 Å². The molecule has 1 unspecified atom stereocenters. The highest BCUT2D eigenvalue weighted by molar-refractivity contribution is 7.07. The monoisotopic (exact) mass is 250 g/mol. The summed E-state index contributed by atoms with van der Waals surface area (Å²) < 4.78 is 13.4. The first-order chi connectivity index (χ1) is 8.16. The highest BCUT2D eigenvalue weighted by Gasteiger charge is 2.07. The lowest BCUT2D eigenvalue weighted by Crippen LogP contribution is -2.18. The Kier molecular flexibility index (Phi) is 3.86. The van der Waals surface area contributed by atoms with Crippen LogP contribution in [0.3, 0.4) is 0 Å². The van der Waals surface area contributed by atoms with E-state index in [0.717, 1.165) is 11.3 Å². The second kappa shape index (κ2) is 5.38. The molecule has 0 saturated heterocycles. The van der Waals surface area contributed by atoms with Crippen molar-refractivity contribution >= 4 is 11.3 Å². The van der Waals surface area contributed by atoms with Crippen molar-refractivity contribution in [3.63, 3.8) is 0 Å². The summed E-state index contributed by atoms with van der Waals surface area (Å²) in [5, 5.41) is 5.33. The molecule has 0 bridgehead atoms. The Morgan fingerprint density at radius 3 is 2.94 bits per heavy atom. The van der Waals surface area contributed by atoms with Crippen LogP contribution in [0.15, 0.2) is 29.1 Å². The molecule has 4 heteroatoms. The molecule has 0 aliphatic carbocycles. The highest BCUT2D eigenvalue weighted by Crippen LogP contribution is 2.16. The van der Waals surface area contributed by atoms with Crippen LogP contribution in [-0.4, -0.2) is 4.98 Å². The number of thiazole rings is 1. The minimum Gasteiger partial charge on any atom is -0.305 e. The zero-order valence-electron chi connectivity index (χ0n) is 9.90. The van der Waals surface area contributed by atoms with Crippen molar-refractivity contribution in [3.8, 4) is 0 Å². The van der Waals surface area contributed by atoms with Crippen molar-refractivity contribution in [1.29, 1.82) is 0 Å². The number of hydrogen-bond donors (Lipinski definition) is 1. The van der Waals surface area contributed by atoms with Gasteiger partial charge in [0.15, 0.2) is 0 Å². The predicted molar refractivity (Wildman–Crippen MR) is 68.5 cm³/mol. The van der Waals surface area contributed by atoms with Gasteiger partial charge in [0.25, 0.3) is 0 Å². The van der Waals surface area contributed by atoms with Crippen molar-refractivity contribution in [1.82, 2.24) is 10.3 Å². The molecular weight excluding hydrogens is 235 g/mol. The maximum Gasteiger partial charge on any atom is 0.126 e. The van der Waals surface area contributed by atoms with Crippen LogP contribution in [0.1, 0.15) is 29.8 Å². The van der Waals surface area contributed by atoms with Crippen molar-refractivity contribution in [2.24, 2.45) is 0 Å². The Balaban J connectivity index is 1.99. The summed E-state index contributed by atoms with van der Waals surface area (Å²) >= 11 is 1.58. The summed E-state index contributed by atoms with van der Waals surface area (Å²) in [5.41, 5.74) is 4.48. The van der Waals surface area contributed by atoms with Crippen LogP contribution in [0, 0.1) is 12.7 Å². The SMILES string of the molecule is Cc1ccc(C(C)NCc2cscn2)cc1F. The highest BCUT2D eigenvalue weighted by atomic mass is 32.1. The van der Waals surface area contributed by atoms with Gasteiger partial charge < -0.3 is 5.32 Å². The van der Waals surface area contributed by atoms with E-state index < -0.39 is 0 Å². The lowest BCUT2D eigenvalue weighted by molar-refractivity contribution is 0.559. The van der Waals surface area contributed by atoms with Gasteiger partial charge in [-0.05, 0) is 31.0 Å². The second-order valence-electron chi connectivity index (χ2n) is 4.09. The number of rotatable bonds is 4. The Morgan fingerprint density at radius 1 is 1.47 bits per heavy atom. The second-order valence-corrected chi connectivity index (χ2v) is 4.81. The molecule has 0 aliphatic heterocycles. The number of benzene rings is 1. The van der Waals surface area contributed by atoms with Crippen LogP contribution < -0.4 is 5.32 Å². The Bertz CT molecular complexity index is 482. The van der Waals surface area contributed by atoms with E-state index in [2.05, 4.69) is 10.3 Å². The summed E-state index contributed by atoms with van der Waals surface area (Å²) in [6.07, 6.45) is 0. The van der Waals surface area contributed by atoms with Gasteiger partial charge in [-0.1, -0.05) is 12.1 Å². The molecule has 2 nitrogen and oxygen atoms in total. The fourth-order valence-electron chi connectivity index (χ4n) is 1.58. The van der Waals surface area contributed by atoms with Crippen LogP contribution in [0.4, 0.5) is 4.39 Å². The first-order valence-electron chi connectivity index (χ1n) is 5.53. The number of nitrogens with zero attached hydrogens (tertiary/aromatic N) is 1. The molecule has 0 radical (unpaired) electrons. The molecule has 1 aromatic carbocycles. The largest absolute Gasteiger partial charge is 0.305 e. The molecule has 2 rings (SSSR count). The van der Waals surface area contributed by atoms with Gasteiger partial charge in [0.2, 0.25) is 0 Å². The van der Waals surface area contributed by atoms with Crippen molar-refractivity contribution in [3.05, 3.63) is 51.7 Å². The minimum atomic E-state index is -0.148. The van der Waals surface area contributed by atoms with Gasteiger partial charge in [0, 0.05) is 18.0 Å². The molecular formula is C13H15FN2S.